The highest BCUT2D eigenvalue weighted by atomic mass is 32.1. The number of H-pyrrole nitrogens is 1. The zero-order chi connectivity index (χ0) is 10.7. The lowest BCUT2D eigenvalue weighted by molar-refractivity contribution is 0.698. The number of hydrogen-bond acceptors (Lipinski definition) is 3. The molecule has 0 aliphatic heterocycles. The van der Waals surface area contributed by atoms with E-state index >= 15 is 0 Å². The first-order valence-corrected chi connectivity index (χ1v) is 5.98. The number of hydrogen-bond donors (Lipinski definition) is 2. The summed E-state index contributed by atoms with van der Waals surface area (Å²) in [6, 6.07) is 2.13. The van der Waals surface area contributed by atoms with Crippen molar-refractivity contribution in [3.05, 3.63) is 29.0 Å². The molecule has 0 amide bonds. The van der Waals surface area contributed by atoms with E-state index < -0.39 is 0 Å². The Morgan fingerprint density at radius 1 is 1.53 bits per heavy atom. The Labute approximate surface area is 93.6 Å². The molecular weight excluding hydrogens is 206 g/mol. The molecule has 0 radical (unpaired) electrons. The van der Waals surface area contributed by atoms with Crippen LogP contribution in [0.2, 0.25) is 0 Å². The molecule has 0 atom stereocenters. The van der Waals surface area contributed by atoms with E-state index in [0.717, 1.165) is 24.6 Å². The largest absolute Gasteiger partial charge is 0.340 e. The van der Waals surface area contributed by atoms with Gasteiger partial charge in [-0.3, -0.25) is 0 Å². The fraction of sp³-hybridized carbons (Fsp3) is 0.364. The van der Waals surface area contributed by atoms with E-state index in [1.54, 1.807) is 11.3 Å². The Kier molecular flexibility index (Phi) is 3.18. The van der Waals surface area contributed by atoms with Crippen molar-refractivity contribution in [2.75, 3.05) is 6.54 Å². The number of rotatable bonds is 4. The van der Waals surface area contributed by atoms with Gasteiger partial charge in [0.15, 0.2) is 0 Å². The van der Waals surface area contributed by atoms with Crippen molar-refractivity contribution in [2.24, 2.45) is 0 Å². The van der Waals surface area contributed by atoms with Gasteiger partial charge in [0.2, 0.25) is 0 Å². The smallest absolute Gasteiger partial charge is 0.120 e. The van der Waals surface area contributed by atoms with Gasteiger partial charge >= 0.3 is 0 Å². The zero-order valence-electron chi connectivity index (χ0n) is 9.00. The van der Waals surface area contributed by atoms with Gasteiger partial charge in [-0.05, 0) is 30.5 Å². The molecule has 15 heavy (non-hydrogen) atoms. The van der Waals surface area contributed by atoms with Crippen LogP contribution in [0.3, 0.4) is 0 Å². The number of aromatic nitrogens is 2. The maximum absolute atomic E-state index is 4.34. The normalized spacial score (nSPS) is 10.8. The molecule has 4 heteroatoms. The molecular formula is C11H15N3S. The number of aryl methyl sites for hydroxylation is 1. The standard InChI is InChI=1S/C11H15N3S/c1-3-12-7-10-13-6-9(14-10)11-8(2)4-5-15-11/h4-6,12H,3,7H2,1-2H3,(H,13,14). The van der Waals surface area contributed by atoms with E-state index in [-0.39, 0.29) is 0 Å². The summed E-state index contributed by atoms with van der Waals surface area (Å²) < 4.78 is 0. The van der Waals surface area contributed by atoms with Crippen LogP contribution < -0.4 is 5.32 Å². The third kappa shape index (κ3) is 2.27. The number of aromatic amines is 1. The highest BCUT2D eigenvalue weighted by Gasteiger charge is 2.06. The van der Waals surface area contributed by atoms with Gasteiger partial charge in [-0.2, -0.15) is 0 Å². The van der Waals surface area contributed by atoms with Gasteiger partial charge < -0.3 is 10.3 Å². The van der Waals surface area contributed by atoms with E-state index in [1.165, 1.54) is 10.4 Å². The quantitative estimate of drug-likeness (QED) is 0.833. The number of nitrogens with zero attached hydrogens (tertiary/aromatic N) is 1. The van der Waals surface area contributed by atoms with Crippen molar-refractivity contribution in [3.63, 3.8) is 0 Å². The average Bonchev–Trinajstić information content (AvgIpc) is 2.83. The minimum absolute atomic E-state index is 0.806. The SMILES string of the molecule is CCNCc1ncc(-c2sccc2C)[nH]1. The summed E-state index contributed by atoms with van der Waals surface area (Å²) in [6.45, 7) is 5.99. The third-order valence-electron chi connectivity index (χ3n) is 2.28. The maximum atomic E-state index is 4.34. The van der Waals surface area contributed by atoms with Crippen molar-refractivity contribution in [1.82, 2.24) is 15.3 Å². The Morgan fingerprint density at radius 2 is 2.40 bits per heavy atom. The van der Waals surface area contributed by atoms with Gasteiger partial charge in [0.05, 0.1) is 23.3 Å². The second-order valence-corrected chi connectivity index (χ2v) is 4.37. The summed E-state index contributed by atoms with van der Waals surface area (Å²) in [4.78, 5) is 8.95. The van der Waals surface area contributed by atoms with Crippen molar-refractivity contribution in [1.29, 1.82) is 0 Å². The van der Waals surface area contributed by atoms with E-state index in [0.29, 0.717) is 0 Å². The lowest BCUT2D eigenvalue weighted by Crippen LogP contribution is -2.12. The Hall–Kier alpha value is -1.13. The van der Waals surface area contributed by atoms with E-state index in [2.05, 4.69) is 40.6 Å². The van der Waals surface area contributed by atoms with Crippen LogP contribution in [0.25, 0.3) is 10.6 Å². The summed E-state index contributed by atoms with van der Waals surface area (Å²) in [5, 5.41) is 5.35. The first-order chi connectivity index (χ1) is 7.31. The predicted molar refractivity (Wildman–Crippen MR) is 64.0 cm³/mol. The molecule has 0 aliphatic rings. The fourth-order valence-electron chi connectivity index (χ4n) is 1.46. The third-order valence-corrected chi connectivity index (χ3v) is 3.33. The Balaban J connectivity index is 2.17. The molecule has 0 saturated heterocycles. The molecule has 0 unspecified atom stereocenters. The molecule has 2 heterocycles. The van der Waals surface area contributed by atoms with Gasteiger partial charge in [0.1, 0.15) is 5.82 Å². The monoisotopic (exact) mass is 221 g/mol. The molecule has 2 aromatic heterocycles. The van der Waals surface area contributed by atoms with Crippen LogP contribution in [0.1, 0.15) is 18.3 Å². The first-order valence-electron chi connectivity index (χ1n) is 5.10. The van der Waals surface area contributed by atoms with Gasteiger partial charge in [-0.25, -0.2) is 4.98 Å². The molecule has 80 valence electrons. The van der Waals surface area contributed by atoms with Crippen LogP contribution in [-0.2, 0) is 6.54 Å². The van der Waals surface area contributed by atoms with Crippen molar-refractivity contribution in [3.8, 4) is 10.6 Å². The highest BCUT2D eigenvalue weighted by Crippen LogP contribution is 2.27. The minimum atomic E-state index is 0.806. The average molecular weight is 221 g/mol. The van der Waals surface area contributed by atoms with E-state index in [9.17, 15) is 0 Å². The van der Waals surface area contributed by atoms with Crippen molar-refractivity contribution in [2.45, 2.75) is 20.4 Å². The highest BCUT2D eigenvalue weighted by molar-refractivity contribution is 7.13. The maximum Gasteiger partial charge on any atom is 0.120 e. The summed E-state index contributed by atoms with van der Waals surface area (Å²) >= 11 is 1.75. The fourth-order valence-corrected chi connectivity index (χ4v) is 2.35. The van der Waals surface area contributed by atoms with Gasteiger partial charge in [-0.1, -0.05) is 6.92 Å². The zero-order valence-corrected chi connectivity index (χ0v) is 9.82. The first kappa shape index (κ1) is 10.4. The molecule has 0 aliphatic carbocycles. The van der Waals surface area contributed by atoms with Crippen LogP contribution >= 0.6 is 11.3 Å². The summed E-state index contributed by atoms with van der Waals surface area (Å²) in [5.74, 6) is 1.000. The Morgan fingerprint density at radius 3 is 3.07 bits per heavy atom. The van der Waals surface area contributed by atoms with Crippen molar-refractivity contribution < 1.29 is 0 Å². The molecule has 0 bridgehead atoms. The van der Waals surface area contributed by atoms with Crippen LogP contribution in [-0.4, -0.2) is 16.5 Å². The van der Waals surface area contributed by atoms with Crippen LogP contribution in [0.4, 0.5) is 0 Å². The van der Waals surface area contributed by atoms with Crippen molar-refractivity contribution >= 4 is 11.3 Å². The molecule has 2 rings (SSSR count). The summed E-state index contributed by atoms with van der Waals surface area (Å²) in [6.07, 6.45) is 1.91. The van der Waals surface area contributed by atoms with E-state index in [1.807, 2.05) is 6.20 Å². The summed E-state index contributed by atoms with van der Waals surface area (Å²) in [5.41, 5.74) is 2.43. The van der Waals surface area contributed by atoms with Crippen LogP contribution in [0.5, 0.6) is 0 Å². The topological polar surface area (TPSA) is 40.7 Å². The molecule has 0 fully saturated rings. The second-order valence-electron chi connectivity index (χ2n) is 3.46. The lowest BCUT2D eigenvalue weighted by Gasteiger charge is -1.97. The lowest BCUT2D eigenvalue weighted by atomic mass is 10.2. The van der Waals surface area contributed by atoms with Gasteiger partial charge in [-0.15, -0.1) is 11.3 Å². The minimum Gasteiger partial charge on any atom is -0.340 e. The predicted octanol–water partition coefficient (Wildman–Crippen LogP) is 2.56. The van der Waals surface area contributed by atoms with Gasteiger partial charge in [0.25, 0.3) is 0 Å². The van der Waals surface area contributed by atoms with Gasteiger partial charge in [0, 0.05) is 0 Å². The Bertz CT molecular complexity index is 430. The molecule has 0 saturated carbocycles. The number of nitrogens with one attached hydrogen (secondary N) is 2. The molecule has 3 nitrogen and oxygen atoms in total. The molecule has 0 aromatic carbocycles. The molecule has 0 spiro atoms. The number of thiophene rings is 1. The molecule has 2 aromatic rings. The second kappa shape index (κ2) is 4.59. The molecule has 2 N–H and O–H groups in total. The summed E-state index contributed by atoms with van der Waals surface area (Å²) in [7, 11) is 0. The van der Waals surface area contributed by atoms with Crippen LogP contribution in [0, 0.1) is 6.92 Å². The van der Waals surface area contributed by atoms with E-state index in [4.69, 9.17) is 0 Å². The van der Waals surface area contributed by atoms with Crippen LogP contribution in [0.15, 0.2) is 17.6 Å². The number of imidazole rings is 1.